The van der Waals surface area contributed by atoms with Gasteiger partial charge in [0.1, 0.15) is 12.4 Å². The van der Waals surface area contributed by atoms with Gasteiger partial charge in [-0.1, -0.05) is 43.0 Å². The summed E-state index contributed by atoms with van der Waals surface area (Å²) in [5.74, 6) is 0.943. The highest BCUT2D eigenvalue weighted by Gasteiger charge is 2.30. The van der Waals surface area contributed by atoms with E-state index in [2.05, 4.69) is 82.7 Å². The third-order valence-corrected chi connectivity index (χ3v) is 8.58. The Hall–Kier alpha value is -3.69. The number of carbonyl (C=O) groups excluding carboxylic acids is 1. The first-order chi connectivity index (χ1) is 19.5. The SMILES string of the molecule is C=CC(=O)N1CCN(c2nc(OCC3CN(C)CCN3C)nc3c2CCN(c2cccc4ccccc24)C3)CC1. The third-order valence-electron chi connectivity index (χ3n) is 8.58. The van der Waals surface area contributed by atoms with Gasteiger partial charge in [0, 0.05) is 69.0 Å². The highest BCUT2D eigenvalue weighted by atomic mass is 16.5. The molecule has 9 nitrogen and oxygen atoms in total. The summed E-state index contributed by atoms with van der Waals surface area (Å²) in [6, 6.07) is 15.8. The Labute approximate surface area is 236 Å². The van der Waals surface area contributed by atoms with E-state index in [-0.39, 0.29) is 5.91 Å². The predicted octanol–water partition coefficient (Wildman–Crippen LogP) is 2.65. The molecule has 1 unspecified atom stereocenters. The van der Waals surface area contributed by atoms with Gasteiger partial charge in [-0.2, -0.15) is 9.97 Å². The second kappa shape index (κ2) is 11.4. The number of hydrogen-bond donors (Lipinski definition) is 0. The van der Waals surface area contributed by atoms with Crippen LogP contribution in [0.2, 0.25) is 0 Å². The number of nitrogens with zero attached hydrogens (tertiary/aromatic N) is 7. The Morgan fingerprint density at radius 1 is 0.975 bits per heavy atom. The number of amides is 1. The van der Waals surface area contributed by atoms with Crippen molar-refractivity contribution in [3.8, 4) is 6.01 Å². The van der Waals surface area contributed by atoms with Crippen molar-refractivity contribution >= 4 is 28.2 Å². The molecule has 1 amide bonds. The van der Waals surface area contributed by atoms with Crippen molar-refractivity contribution < 1.29 is 9.53 Å². The molecule has 4 heterocycles. The molecule has 0 saturated carbocycles. The standard InChI is InChI=1S/C31H39N7O2/c1-4-29(39)36-16-18-37(19-17-36)30-26-12-13-38(28-11-7-9-23-8-5-6-10-25(23)28)21-27(26)32-31(33-30)40-22-24-20-34(2)14-15-35(24)3/h4-11,24H,1,12-22H2,2-3H3. The summed E-state index contributed by atoms with van der Waals surface area (Å²) >= 11 is 0. The van der Waals surface area contributed by atoms with E-state index in [9.17, 15) is 4.79 Å². The van der Waals surface area contributed by atoms with Crippen LogP contribution >= 0.6 is 0 Å². The molecule has 2 saturated heterocycles. The fourth-order valence-corrected chi connectivity index (χ4v) is 6.12. The van der Waals surface area contributed by atoms with E-state index < -0.39 is 0 Å². The van der Waals surface area contributed by atoms with Crippen molar-refractivity contribution in [2.75, 3.05) is 82.9 Å². The molecule has 0 spiro atoms. The van der Waals surface area contributed by atoms with Crippen molar-refractivity contribution in [2.45, 2.75) is 19.0 Å². The Morgan fingerprint density at radius 3 is 2.60 bits per heavy atom. The first-order valence-corrected chi connectivity index (χ1v) is 14.3. The number of aromatic nitrogens is 2. The molecule has 40 heavy (non-hydrogen) atoms. The van der Waals surface area contributed by atoms with Gasteiger partial charge in [0.2, 0.25) is 5.91 Å². The lowest BCUT2D eigenvalue weighted by Gasteiger charge is -2.38. The maximum absolute atomic E-state index is 12.2. The lowest BCUT2D eigenvalue weighted by Crippen LogP contribution is -2.52. The van der Waals surface area contributed by atoms with Crippen LogP contribution in [-0.4, -0.2) is 110 Å². The zero-order valence-corrected chi connectivity index (χ0v) is 23.6. The summed E-state index contributed by atoms with van der Waals surface area (Å²) in [6.07, 6.45) is 2.26. The van der Waals surface area contributed by atoms with Crippen LogP contribution < -0.4 is 14.5 Å². The molecule has 1 atom stereocenters. The molecule has 3 aliphatic heterocycles. The normalized spacial score (nSPS) is 20.4. The maximum atomic E-state index is 12.2. The number of piperazine rings is 2. The fourth-order valence-electron chi connectivity index (χ4n) is 6.12. The molecule has 3 aliphatic rings. The van der Waals surface area contributed by atoms with Crippen LogP contribution in [0.3, 0.4) is 0 Å². The first-order valence-electron chi connectivity index (χ1n) is 14.3. The summed E-state index contributed by atoms with van der Waals surface area (Å²) in [5, 5.41) is 2.50. The minimum absolute atomic E-state index is 0.0133. The van der Waals surface area contributed by atoms with Crippen LogP contribution in [0, 0.1) is 0 Å². The molecule has 0 aliphatic carbocycles. The third kappa shape index (κ3) is 5.36. The van der Waals surface area contributed by atoms with E-state index in [0.29, 0.717) is 38.3 Å². The summed E-state index contributed by atoms with van der Waals surface area (Å²) in [7, 11) is 4.32. The summed E-state index contributed by atoms with van der Waals surface area (Å²) in [5.41, 5.74) is 3.45. The van der Waals surface area contributed by atoms with Crippen LogP contribution in [0.1, 0.15) is 11.3 Å². The number of rotatable bonds is 6. The number of likely N-dealkylation sites (N-methyl/N-ethyl adjacent to an activating group) is 2. The van der Waals surface area contributed by atoms with E-state index in [4.69, 9.17) is 14.7 Å². The molecular weight excluding hydrogens is 502 g/mol. The number of fused-ring (bicyclic) bond motifs is 2. The van der Waals surface area contributed by atoms with E-state index in [0.717, 1.165) is 57.2 Å². The van der Waals surface area contributed by atoms with E-state index in [1.165, 1.54) is 28.1 Å². The molecule has 1 aromatic heterocycles. The average molecular weight is 542 g/mol. The van der Waals surface area contributed by atoms with E-state index >= 15 is 0 Å². The quantitative estimate of drug-likeness (QED) is 0.442. The predicted molar refractivity (Wildman–Crippen MR) is 159 cm³/mol. The van der Waals surface area contributed by atoms with Crippen LogP contribution in [0.4, 0.5) is 11.5 Å². The monoisotopic (exact) mass is 541 g/mol. The van der Waals surface area contributed by atoms with Gasteiger partial charge < -0.3 is 24.3 Å². The Kier molecular flexibility index (Phi) is 7.58. The van der Waals surface area contributed by atoms with Crippen molar-refractivity contribution in [2.24, 2.45) is 0 Å². The summed E-state index contributed by atoms with van der Waals surface area (Å²) in [4.78, 5) is 33.5. The zero-order chi connectivity index (χ0) is 27.6. The largest absolute Gasteiger partial charge is 0.462 e. The van der Waals surface area contributed by atoms with Crippen LogP contribution in [0.5, 0.6) is 6.01 Å². The minimum Gasteiger partial charge on any atom is -0.462 e. The van der Waals surface area contributed by atoms with Gasteiger partial charge in [-0.15, -0.1) is 0 Å². The number of ether oxygens (including phenoxy) is 1. The summed E-state index contributed by atoms with van der Waals surface area (Å²) in [6.45, 7) is 11.6. The molecule has 6 rings (SSSR count). The number of anilines is 2. The lowest BCUT2D eigenvalue weighted by atomic mass is 10.0. The van der Waals surface area contributed by atoms with Gasteiger partial charge in [-0.3, -0.25) is 9.69 Å². The van der Waals surface area contributed by atoms with Gasteiger partial charge in [0.05, 0.1) is 18.3 Å². The molecular formula is C31H39N7O2. The van der Waals surface area contributed by atoms with Crippen molar-refractivity contribution in [1.29, 1.82) is 0 Å². The highest BCUT2D eigenvalue weighted by Crippen LogP contribution is 2.34. The molecule has 210 valence electrons. The number of hydrogen-bond acceptors (Lipinski definition) is 8. The Balaban J connectivity index is 1.29. The second-order valence-corrected chi connectivity index (χ2v) is 11.1. The van der Waals surface area contributed by atoms with E-state index in [1.54, 1.807) is 0 Å². The highest BCUT2D eigenvalue weighted by molar-refractivity contribution is 5.94. The molecule has 0 radical (unpaired) electrons. The molecule has 0 bridgehead atoms. The van der Waals surface area contributed by atoms with Gasteiger partial charge >= 0.3 is 6.01 Å². The second-order valence-electron chi connectivity index (χ2n) is 11.1. The number of benzene rings is 2. The Bertz CT molecular complexity index is 1380. The smallest absolute Gasteiger partial charge is 0.318 e. The topological polar surface area (TPSA) is 68.3 Å². The minimum atomic E-state index is -0.0133. The zero-order valence-electron chi connectivity index (χ0n) is 23.6. The van der Waals surface area contributed by atoms with Gasteiger partial charge in [-0.05, 0) is 38.0 Å². The van der Waals surface area contributed by atoms with Crippen LogP contribution in [0.15, 0.2) is 55.1 Å². The van der Waals surface area contributed by atoms with Gasteiger partial charge in [0.25, 0.3) is 0 Å². The Morgan fingerprint density at radius 2 is 1.77 bits per heavy atom. The lowest BCUT2D eigenvalue weighted by molar-refractivity contribution is -0.126. The molecule has 2 aromatic carbocycles. The maximum Gasteiger partial charge on any atom is 0.318 e. The van der Waals surface area contributed by atoms with Crippen molar-refractivity contribution in [3.05, 3.63) is 66.4 Å². The molecule has 9 heteroatoms. The van der Waals surface area contributed by atoms with Crippen molar-refractivity contribution in [3.63, 3.8) is 0 Å². The van der Waals surface area contributed by atoms with Gasteiger partial charge in [0.15, 0.2) is 0 Å². The molecule has 0 N–H and O–H groups in total. The molecule has 3 aromatic rings. The first kappa shape index (κ1) is 26.5. The van der Waals surface area contributed by atoms with Crippen LogP contribution in [0.25, 0.3) is 10.8 Å². The van der Waals surface area contributed by atoms with Crippen molar-refractivity contribution in [1.82, 2.24) is 24.7 Å². The molecule has 2 fully saturated rings. The van der Waals surface area contributed by atoms with Gasteiger partial charge in [-0.25, -0.2) is 0 Å². The van der Waals surface area contributed by atoms with Crippen LogP contribution in [-0.2, 0) is 17.8 Å². The fraction of sp³-hybridized carbons (Fsp3) is 0.452. The summed E-state index contributed by atoms with van der Waals surface area (Å²) < 4.78 is 6.34. The average Bonchev–Trinajstić information content (AvgIpc) is 3.00. The number of carbonyl (C=O) groups is 1. The van der Waals surface area contributed by atoms with E-state index in [1.807, 2.05) is 4.90 Å².